The van der Waals surface area contributed by atoms with Crippen molar-refractivity contribution >= 4 is 92.8 Å². The lowest BCUT2D eigenvalue weighted by Crippen LogP contribution is -2.41. The number of hydrogen-bond acceptors (Lipinski definition) is 16. The predicted octanol–water partition coefficient (Wildman–Crippen LogP) is 12.2. The molecule has 15 aromatic rings. The van der Waals surface area contributed by atoms with Crippen LogP contribution in [0.3, 0.4) is 0 Å². The molecule has 6 aromatic carbocycles. The summed E-state index contributed by atoms with van der Waals surface area (Å²) in [4.78, 5) is 132. The van der Waals surface area contributed by atoms with Crippen molar-refractivity contribution < 1.29 is 33.5 Å². The van der Waals surface area contributed by atoms with Crippen LogP contribution in [0.1, 0.15) is 154 Å². The van der Waals surface area contributed by atoms with Gasteiger partial charge < -0.3 is 36.6 Å². The van der Waals surface area contributed by atoms with Crippen LogP contribution in [-0.2, 0) is 19.1 Å². The molecule has 2 saturated heterocycles. The molecule has 0 spiro atoms. The topological polar surface area (TPSA) is 340 Å². The first-order valence-corrected chi connectivity index (χ1v) is 45.1. The van der Waals surface area contributed by atoms with Crippen molar-refractivity contribution in [1.29, 1.82) is 0 Å². The Morgan fingerprint density at radius 2 is 0.819 bits per heavy atom. The number of carbonyl (C=O) groups excluding carboxylic acids is 6. The van der Waals surface area contributed by atoms with E-state index in [2.05, 4.69) is 117 Å². The molecule has 9 aromatic heterocycles. The summed E-state index contributed by atoms with van der Waals surface area (Å²) < 4.78 is 15.0. The maximum atomic E-state index is 14.2. The van der Waals surface area contributed by atoms with Gasteiger partial charge in [0.05, 0.1) is 72.5 Å². The number of hydrogen-bond donors (Lipinski definition) is 6. The number of pyridine rings is 3. The van der Waals surface area contributed by atoms with Crippen LogP contribution >= 0.6 is 0 Å². The third-order valence-electron chi connectivity index (χ3n) is 21.6. The molecule has 6 amide bonds. The van der Waals surface area contributed by atoms with Crippen LogP contribution in [-0.4, -0.2) is 133 Å². The maximum Gasteiger partial charge on any atom is 0.264 e. The Labute approximate surface area is 732 Å². The molecular formula is C98H94N18O10Si. The average molecular weight is 1710 g/mol. The van der Waals surface area contributed by atoms with E-state index in [1.807, 2.05) is 172 Å². The fraction of sp³-hybridized carbons (Fsp3) is 0.235. The Morgan fingerprint density at radius 3 is 1.15 bits per heavy atom. The minimum absolute atomic E-state index is 0. The molecular weight excluding hydrogens is 1620 g/mol. The molecule has 0 radical (unpaired) electrons. The molecule has 127 heavy (non-hydrogen) atoms. The average Bonchev–Trinajstić information content (AvgIpc) is 1.45. The minimum Gasteiger partial charge on any atom is -0.368 e. The van der Waals surface area contributed by atoms with Gasteiger partial charge in [0, 0.05) is 107 Å². The number of aryl methyl sites for hydroxylation is 3. The largest absolute Gasteiger partial charge is 0.368 e. The van der Waals surface area contributed by atoms with Crippen molar-refractivity contribution in [2.75, 3.05) is 19.7 Å². The first-order chi connectivity index (χ1) is 60.9. The predicted molar refractivity (Wildman–Crippen MR) is 491 cm³/mol. The number of para-hydroxylation sites is 3. The van der Waals surface area contributed by atoms with Crippen LogP contribution in [0.5, 0.6) is 0 Å². The number of amides is 6. The van der Waals surface area contributed by atoms with E-state index in [4.69, 9.17) is 4.74 Å². The summed E-state index contributed by atoms with van der Waals surface area (Å²) in [6.45, 7) is 18.5. The lowest BCUT2D eigenvalue weighted by atomic mass is 10.0. The molecule has 17 rings (SSSR count). The van der Waals surface area contributed by atoms with E-state index in [0.717, 1.165) is 29.1 Å². The van der Waals surface area contributed by atoms with Crippen molar-refractivity contribution in [2.24, 2.45) is 0 Å². The van der Waals surface area contributed by atoms with Crippen molar-refractivity contribution in [3.05, 3.63) is 318 Å². The van der Waals surface area contributed by atoms with Crippen LogP contribution in [0, 0.1) is 56.3 Å². The van der Waals surface area contributed by atoms with E-state index >= 15 is 0 Å². The molecule has 6 N–H and O–H groups in total. The SMILES string of the molecule is C.Cc1nn2cccnc2c1C(=O)N[C@@H](C)c1cc2cccc(C#CCNC(=O)[C@@H]3CCC(=O)N3)c2c(=O)n1-c1ccccc1.Cc1nn2cccnc2c1C(=O)N[C@@H](C)c1cc2cccc(C#CCNC(=O)[C@@H]3CCCO3)c2c(=O)n1-c1ccccc1.Cc1nn2cccnc2c1C(=O)N[C@@H](C)c1cc2cccc(C#CC[Si](C)(C)C)c2c(=O)n1-c1ccccc1. The molecule has 0 unspecified atom stereocenters. The number of benzene rings is 6. The number of carbonyl (C=O) groups is 6. The van der Waals surface area contributed by atoms with E-state index in [0.29, 0.717) is 143 Å². The fourth-order valence-electron chi connectivity index (χ4n) is 15.5. The molecule has 0 aliphatic carbocycles. The van der Waals surface area contributed by atoms with E-state index in [1.54, 1.807) is 116 Å². The quantitative estimate of drug-likeness (QED) is 0.0364. The monoisotopic (exact) mass is 1710 g/mol. The number of aromatic nitrogens is 12. The number of nitrogens with zero attached hydrogens (tertiary/aromatic N) is 12. The zero-order valence-corrected chi connectivity index (χ0v) is 71.8. The van der Waals surface area contributed by atoms with Crippen LogP contribution in [0.15, 0.2) is 234 Å². The first kappa shape index (κ1) is 87.8. The molecule has 0 saturated carbocycles. The lowest BCUT2D eigenvalue weighted by Gasteiger charge is -2.21. The van der Waals surface area contributed by atoms with Gasteiger partial charge in [-0.05, 0) is 168 Å². The summed E-state index contributed by atoms with van der Waals surface area (Å²) in [5.74, 6) is 17.0. The van der Waals surface area contributed by atoms with Crippen LogP contribution < -0.4 is 48.6 Å². The lowest BCUT2D eigenvalue weighted by molar-refractivity contribution is -0.129. The van der Waals surface area contributed by atoms with Crippen molar-refractivity contribution in [1.82, 2.24) is 89.4 Å². The fourth-order valence-corrected chi connectivity index (χ4v) is 16.2. The first-order valence-electron chi connectivity index (χ1n) is 41.4. The standard InChI is InChI=1S/C33H29N7O4.C33H30N6O4.C31H31N5O2Si.CH4/c1-20(36-32(43)28-21(2)38-39-18-8-17-34-30(28)39)26-19-23-10-6-9-22(11-7-16-35-31(42)25-14-15-27(41)37-25)29(23)33(44)40(26)24-12-4-3-5-13-24;1-21(36-32(41)28-22(2)37-38-18-9-17-34-30(28)38)26-20-24-11-6-10-23(12-7-16-35-31(40)27-15-8-19-43-27)29(24)33(42)39(26)25-13-4-3-5-14-25;1-21(33-30(37)27-22(2)34-35-18-11-17-32-29(27)35)26-20-24-13-9-12-23(14-10-19-39(3,4)5)28(24)31(38)36(26)25-15-7-6-8-16-25;/h3-6,8-10,12-13,17-20,25H,14-16H2,1-2H3,(H,35,42)(H,36,43)(H,37,41);3-6,9-11,13-14,17-18,20-21,27H,8,15-16,19H2,1-2H3,(H,35,40)(H,36,41);6-9,11-13,15-18,20-21H,19H2,1-5H3,(H,33,37);1H4/t20-,25-;21-,27-;21-;/m000./s1. The maximum absolute atomic E-state index is 14.2. The van der Waals surface area contributed by atoms with Gasteiger partial charge in [-0.25, -0.2) is 28.5 Å². The summed E-state index contributed by atoms with van der Waals surface area (Å²) in [7, 11) is -1.35. The van der Waals surface area contributed by atoms with E-state index < -0.39 is 38.3 Å². The third-order valence-corrected chi connectivity index (χ3v) is 22.8. The van der Waals surface area contributed by atoms with E-state index in [1.165, 1.54) is 0 Å². The van der Waals surface area contributed by atoms with Gasteiger partial charge in [0.15, 0.2) is 16.9 Å². The Kier molecular flexibility index (Phi) is 26.6. The summed E-state index contributed by atoms with van der Waals surface area (Å²) >= 11 is 0. The second kappa shape index (κ2) is 38.5. The number of rotatable bonds is 17. The van der Waals surface area contributed by atoms with Crippen LogP contribution in [0.4, 0.5) is 0 Å². The van der Waals surface area contributed by atoms with E-state index in [-0.39, 0.29) is 72.6 Å². The van der Waals surface area contributed by atoms with Gasteiger partial charge in [0.25, 0.3) is 34.4 Å². The molecule has 0 bridgehead atoms. The van der Waals surface area contributed by atoms with Crippen molar-refractivity contribution in [3.8, 4) is 52.6 Å². The van der Waals surface area contributed by atoms with Crippen LogP contribution in [0.25, 0.3) is 66.3 Å². The zero-order chi connectivity index (χ0) is 88.5. The molecule has 29 heteroatoms. The van der Waals surface area contributed by atoms with Crippen molar-refractivity contribution in [2.45, 2.75) is 131 Å². The Hall–Kier alpha value is -15.5. The molecule has 2 fully saturated rings. The van der Waals surface area contributed by atoms with Crippen molar-refractivity contribution in [3.63, 3.8) is 0 Å². The van der Waals surface area contributed by atoms with Gasteiger partial charge in [0.1, 0.15) is 28.8 Å². The Morgan fingerprint density at radius 1 is 0.465 bits per heavy atom. The molecule has 28 nitrogen and oxygen atoms in total. The van der Waals surface area contributed by atoms with Gasteiger partial charge in [-0.1, -0.05) is 148 Å². The summed E-state index contributed by atoms with van der Waals surface area (Å²) in [6.07, 6.45) is 12.0. The van der Waals surface area contributed by atoms with Gasteiger partial charge >= 0.3 is 0 Å². The highest BCUT2D eigenvalue weighted by molar-refractivity contribution is 6.76. The highest BCUT2D eigenvalue weighted by Crippen LogP contribution is 2.30. The number of ether oxygens (including phenoxy) is 1. The molecule has 2 aliphatic rings. The summed E-state index contributed by atoms with van der Waals surface area (Å²) in [5, 5.41) is 34.1. The normalized spacial score (nSPS) is 14.1. The molecule has 640 valence electrons. The zero-order valence-electron chi connectivity index (χ0n) is 70.8. The molecule has 5 atom stereocenters. The number of nitrogens with one attached hydrogen (secondary N) is 6. The van der Waals surface area contributed by atoms with Gasteiger partial charge in [-0.2, -0.15) is 15.3 Å². The highest BCUT2D eigenvalue weighted by atomic mass is 28.3. The van der Waals surface area contributed by atoms with E-state index in [9.17, 15) is 43.2 Å². The summed E-state index contributed by atoms with van der Waals surface area (Å²) in [5.41, 5.74) is 9.16. The van der Waals surface area contributed by atoms with Crippen LogP contribution in [0.2, 0.25) is 25.7 Å². The molecule has 11 heterocycles. The Balaban J connectivity index is 0.000000154. The Bertz CT molecular complexity index is 7190. The highest BCUT2D eigenvalue weighted by Gasteiger charge is 2.31. The third kappa shape index (κ3) is 19.2. The summed E-state index contributed by atoms with van der Waals surface area (Å²) in [6, 6.07) is 54.3. The second-order valence-corrected chi connectivity index (χ2v) is 37.3. The molecule has 2 aliphatic heterocycles. The smallest absolute Gasteiger partial charge is 0.264 e. The second-order valence-electron chi connectivity index (χ2n) is 31.8. The number of fused-ring (bicyclic) bond motifs is 6. The van der Waals surface area contributed by atoms with Gasteiger partial charge in [-0.15, -0.1) is 5.92 Å². The van der Waals surface area contributed by atoms with Gasteiger partial charge in [0.2, 0.25) is 17.7 Å². The van der Waals surface area contributed by atoms with Gasteiger partial charge in [-0.3, -0.25) is 56.9 Å². The minimum atomic E-state index is -1.35.